The molecule has 1 aliphatic rings. The first kappa shape index (κ1) is 13.8. The number of nitrogens with zero attached hydrogens (tertiary/aromatic N) is 1. The maximum atomic E-state index is 12.5. The van der Waals surface area contributed by atoms with E-state index in [-0.39, 0.29) is 21.9 Å². The van der Waals surface area contributed by atoms with E-state index in [2.05, 4.69) is 0 Å². The third-order valence-corrected chi connectivity index (χ3v) is 5.44. The number of sulfonamides is 1. The minimum atomic E-state index is -3.54. The van der Waals surface area contributed by atoms with Crippen molar-refractivity contribution in [3.8, 4) is 0 Å². The Labute approximate surface area is 113 Å². The third kappa shape index (κ3) is 2.69. The Morgan fingerprint density at radius 1 is 1.33 bits per heavy atom. The van der Waals surface area contributed by atoms with Gasteiger partial charge in [0, 0.05) is 19.1 Å². The van der Waals surface area contributed by atoms with Crippen LogP contribution in [0.25, 0.3) is 0 Å². The molecule has 2 N–H and O–H groups in total. The van der Waals surface area contributed by atoms with Gasteiger partial charge in [0.25, 0.3) is 0 Å². The van der Waals surface area contributed by atoms with Crippen molar-refractivity contribution in [3.05, 3.63) is 29.3 Å². The molecule has 2 unspecified atom stereocenters. The number of halogens is 1. The Balaban J connectivity index is 2.34. The molecule has 1 heterocycles. The van der Waals surface area contributed by atoms with Crippen LogP contribution >= 0.6 is 11.6 Å². The summed E-state index contributed by atoms with van der Waals surface area (Å²) in [6.45, 7) is 2.87. The minimum absolute atomic E-state index is 0.106. The molecular formula is C12H17ClN2O2S. The van der Waals surface area contributed by atoms with Crippen LogP contribution in [0.15, 0.2) is 29.2 Å². The van der Waals surface area contributed by atoms with Crippen molar-refractivity contribution in [1.29, 1.82) is 0 Å². The third-order valence-electron chi connectivity index (χ3n) is 3.11. The van der Waals surface area contributed by atoms with Gasteiger partial charge in [-0.3, -0.25) is 0 Å². The minimum Gasteiger partial charge on any atom is -0.326 e. The van der Waals surface area contributed by atoms with E-state index in [0.717, 1.165) is 6.42 Å². The molecule has 0 aliphatic carbocycles. The van der Waals surface area contributed by atoms with Crippen molar-refractivity contribution in [2.24, 2.45) is 11.7 Å². The zero-order valence-electron chi connectivity index (χ0n) is 10.2. The zero-order chi connectivity index (χ0) is 13.3. The molecule has 0 amide bonds. The number of nitrogens with two attached hydrogens (primary N) is 1. The van der Waals surface area contributed by atoms with Crippen LogP contribution in [0.1, 0.15) is 13.3 Å². The van der Waals surface area contributed by atoms with Gasteiger partial charge in [-0.15, -0.1) is 0 Å². The lowest BCUT2D eigenvalue weighted by Crippen LogP contribution is -2.48. The van der Waals surface area contributed by atoms with Gasteiger partial charge in [0.2, 0.25) is 10.0 Å². The van der Waals surface area contributed by atoms with Gasteiger partial charge in [-0.1, -0.05) is 30.7 Å². The average molecular weight is 289 g/mol. The van der Waals surface area contributed by atoms with E-state index in [9.17, 15) is 8.42 Å². The first-order valence-electron chi connectivity index (χ1n) is 5.91. The second kappa shape index (κ2) is 5.17. The predicted octanol–water partition coefficient (Wildman–Crippen LogP) is 1.70. The second-order valence-electron chi connectivity index (χ2n) is 4.85. The van der Waals surface area contributed by atoms with Gasteiger partial charge >= 0.3 is 0 Å². The van der Waals surface area contributed by atoms with Crippen LogP contribution in [0, 0.1) is 5.92 Å². The van der Waals surface area contributed by atoms with Crippen LogP contribution in [0.5, 0.6) is 0 Å². The highest BCUT2D eigenvalue weighted by Gasteiger charge is 2.32. The number of hydrogen-bond donors (Lipinski definition) is 1. The Kier molecular flexibility index (Phi) is 3.96. The fraction of sp³-hybridized carbons (Fsp3) is 0.500. The predicted molar refractivity (Wildman–Crippen MR) is 72.0 cm³/mol. The lowest BCUT2D eigenvalue weighted by atomic mass is 9.99. The lowest BCUT2D eigenvalue weighted by molar-refractivity contribution is 0.254. The summed E-state index contributed by atoms with van der Waals surface area (Å²) < 4.78 is 26.4. The Morgan fingerprint density at radius 2 is 2.00 bits per heavy atom. The van der Waals surface area contributed by atoms with Crippen LogP contribution in [-0.2, 0) is 10.0 Å². The highest BCUT2D eigenvalue weighted by atomic mass is 35.5. The highest BCUT2D eigenvalue weighted by molar-refractivity contribution is 7.89. The summed E-state index contributed by atoms with van der Waals surface area (Å²) in [5.74, 6) is 0.269. The van der Waals surface area contributed by atoms with Crippen molar-refractivity contribution < 1.29 is 8.42 Å². The van der Waals surface area contributed by atoms with Crippen LogP contribution in [0.3, 0.4) is 0 Å². The van der Waals surface area contributed by atoms with Crippen LogP contribution in [0.2, 0.25) is 5.02 Å². The fourth-order valence-corrected chi connectivity index (χ4v) is 4.45. The number of piperidine rings is 1. The summed E-state index contributed by atoms with van der Waals surface area (Å²) in [4.78, 5) is 0.160. The van der Waals surface area contributed by atoms with Crippen molar-refractivity contribution in [2.45, 2.75) is 24.3 Å². The molecule has 1 saturated heterocycles. The molecule has 0 bridgehead atoms. The van der Waals surface area contributed by atoms with Crippen molar-refractivity contribution in [1.82, 2.24) is 4.31 Å². The maximum Gasteiger partial charge on any atom is 0.244 e. The summed E-state index contributed by atoms with van der Waals surface area (Å²) in [7, 11) is -3.54. The summed E-state index contributed by atoms with van der Waals surface area (Å²) in [5.41, 5.74) is 5.89. The molecule has 1 aromatic carbocycles. The van der Waals surface area contributed by atoms with E-state index in [1.165, 1.54) is 10.4 Å². The van der Waals surface area contributed by atoms with Crippen LogP contribution in [0.4, 0.5) is 0 Å². The highest BCUT2D eigenvalue weighted by Crippen LogP contribution is 2.27. The first-order valence-corrected chi connectivity index (χ1v) is 7.73. The maximum absolute atomic E-state index is 12.5. The number of rotatable bonds is 2. The molecule has 1 fully saturated rings. The van der Waals surface area contributed by atoms with E-state index in [4.69, 9.17) is 17.3 Å². The summed E-state index contributed by atoms with van der Waals surface area (Å²) in [5, 5.41) is 0.254. The molecular weight excluding hydrogens is 272 g/mol. The average Bonchev–Trinajstić information content (AvgIpc) is 2.28. The van der Waals surface area contributed by atoms with Crippen molar-refractivity contribution in [3.63, 3.8) is 0 Å². The van der Waals surface area contributed by atoms with Gasteiger partial charge in [0.1, 0.15) is 4.90 Å². The standard InChI is InChI=1S/C12H17ClN2O2S/c1-9-6-10(14)8-15(7-9)18(16,17)12-5-3-2-4-11(12)13/h2-5,9-10H,6-8,14H2,1H3. The van der Waals surface area contributed by atoms with Crippen molar-refractivity contribution in [2.75, 3.05) is 13.1 Å². The number of hydrogen-bond acceptors (Lipinski definition) is 3. The number of benzene rings is 1. The molecule has 0 saturated carbocycles. The SMILES string of the molecule is CC1CC(N)CN(S(=O)(=O)c2ccccc2Cl)C1. The Hall–Kier alpha value is -0.620. The molecule has 2 atom stereocenters. The van der Waals surface area contributed by atoms with Gasteiger partial charge in [0.05, 0.1) is 5.02 Å². The monoisotopic (exact) mass is 288 g/mol. The molecule has 1 aliphatic heterocycles. The van der Waals surface area contributed by atoms with E-state index >= 15 is 0 Å². The summed E-state index contributed by atoms with van der Waals surface area (Å²) in [6, 6.07) is 6.40. The quantitative estimate of drug-likeness (QED) is 0.901. The molecule has 1 aromatic rings. The van der Waals surface area contributed by atoms with E-state index in [1.807, 2.05) is 6.92 Å². The molecule has 18 heavy (non-hydrogen) atoms. The molecule has 2 rings (SSSR count). The Morgan fingerprint density at radius 3 is 2.61 bits per heavy atom. The summed E-state index contributed by atoms with van der Waals surface area (Å²) >= 11 is 5.96. The molecule has 0 aromatic heterocycles. The van der Waals surface area contributed by atoms with Crippen LogP contribution < -0.4 is 5.73 Å². The molecule has 100 valence electrons. The summed E-state index contributed by atoms with van der Waals surface area (Å²) in [6.07, 6.45) is 0.856. The molecule has 6 heteroatoms. The smallest absolute Gasteiger partial charge is 0.244 e. The second-order valence-corrected chi connectivity index (χ2v) is 7.17. The first-order chi connectivity index (χ1) is 8.41. The largest absolute Gasteiger partial charge is 0.326 e. The van der Waals surface area contributed by atoms with Gasteiger partial charge in [0.15, 0.2) is 0 Å². The van der Waals surface area contributed by atoms with E-state index in [0.29, 0.717) is 13.1 Å². The van der Waals surface area contributed by atoms with Crippen molar-refractivity contribution >= 4 is 21.6 Å². The topological polar surface area (TPSA) is 63.4 Å². The van der Waals surface area contributed by atoms with Crippen LogP contribution in [-0.4, -0.2) is 31.9 Å². The molecule has 0 spiro atoms. The van der Waals surface area contributed by atoms with Gasteiger partial charge in [-0.25, -0.2) is 8.42 Å². The van der Waals surface area contributed by atoms with Gasteiger partial charge in [-0.2, -0.15) is 4.31 Å². The van der Waals surface area contributed by atoms with Gasteiger partial charge in [-0.05, 0) is 24.5 Å². The fourth-order valence-electron chi connectivity index (χ4n) is 2.34. The zero-order valence-corrected chi connectivity index (χ0v) is 11.8. The molecule has 4 nitrogen and oxygen atoms in total. The lowest BCUT2D eigenvalue weighted by Gasteiger charge is -2.34. The van der Waals surface area contributed by atoms with E-state index in [1.54, 1.807) is 18.2 Å². The normalized spacial score (nSPS) is 26.2. The van der Waals surface area contributed by atoms with E-state index < -0.39 is 10.0 Å². The molecule has 0 radical (unpaired) electrons. The van der Waals surface area contributed by atoms with Gasteiger partial charge < -0.3 is 5.73 Å². The Bertz CT molecular complexity index is 523.